The van der Waals surface area contributed by atoms with Crippen molar-refractivity contribution in [3.05, 3.63) is 24.3 Å². The second-order valence-electron chi connectivity index (χ2n) is 3.64. The second-order valence-corrected chi connectivity index (χ2v) is 3.64. The van der Waals surface area contributed by atoms with E-state index >= 15 is 0 Å². The standard InChI is InChI=1S/C10H14FN3O/c1-6(2)9(10(12)15)14-7-3-4-13-8(11)5-7/h3-6,9H,1-2H3,(H2,12,15)(H,13,14). The van der Waals surface area contributed by atoms with E-state index < -0.39 is 17.9 Å². The van der Waals surface area contributed by atoms with Crippen molar-refractivity contribution in [2.24, 2.45) is 11.7 Å². The number of aromatic nitrogens is 1. The quantitative estimate of drug-likeness (QED) is 0.734. The molecule has 4 nitrogen and oxygen atoms in total. The highest BCUT2D eigenvalue weighted by Crippen LogP contribution is 2.12. The molecule has 0 saturated carbocycles. The Bertz CT molecular complexity index is 354. The van der Waals surface area contributed by atoms with Gasteiger partial charge in [0.25, 0.3) is 0 Å². The molecule has 0 fully saturated rings. The number of amides is 1. The van der Waals surface area contributed by atoms with Crippen LogP contribution >= 0.6 is 0 Å². The SMILES string of the molecule is CC(C)C(Nc1ccnc(F)c1)C(N)=O. The van der Waals surface area contributed by atoms with Crippen LogP contribution in [0.2, 0.25) is 0 Å². The maximum absolute atomic E-state index is 12.8. The number of anilines is 1. The summed E-state index contributed by atoms with van der Waals surface area (Å²) in [7, 11) is 0. The van der Waals surface area contributed by atoms with Gasteiger partial charge >= 0.3 is 0 Å². The third kappa shape index (κ3) is 3.19. The van der Waals surface area contributed by atoms with Crippen LogP contribution in [0.25, 0.3) is 0 Å². The maximum atomic E-state index is 12.8. The topological polar surface area (TPSA) is 68.0 Å². The number of nitrogens with one attached hydrogen (secondary N) is 1. The van der Waals surface area contributed by atoms with E-state index in [4.69, 9.17) is 5.73 Å². The summed E-state index contributed by atoms with van der Waals surface area (Å²) in [5.41, 5.74) is 5.71. The Labute approximate surface area is 87.7 Å². The number of primary amides is 1. The van der Waals surface area contributed by atoms with Crippen LogP contribution in [0.5, 0.6) is 0 Å². The van der Waals surface area contributed by atoms with Crippen molar-refractivity contribution in [2.45, 2.75) is 19.9 Å². The number of nitrogens with two attached hydrogens (primary N) is 1. The van der Waals surface area contributed by atoms with E-state index in [1.54, 1.807) is 6.07 Å². The largest absolute Gasteiger partial charge is 0.373 e. The Morgan fingerprint density at radius 1 is 1.60 bits per heavy atom. The first kappa shape index (κ1) is 11.4. The van der Waals surface area contributed by atoms with Gasteiger partial charge in [0.15, 0.2) is 0 Å². The molecule has 0 aromatic carbocycles. The Kier molecular flexibility index (Phi) is 3.60. The molecule has 0 aliphatic heterocycles. The molecule has 3 N–H and O–H groups in total. The zero-order chi connectivity index (χ0) is 11.4. The molecule has 15 heavy (non-hydrogen) atoms. The van der Waals surface area contributed by atoms with E-state index in [0.717, 1.165) is 0 Å². The fourth-order valence-corrected chi connectivity index (χ4v) is 1.24. The normalized spacial score (nSPS) is 12.5. The molecule has 1 unspecified atom stereocenters. The molecular weight excluding hydrogens is 197 g/mol. The highest BCUT2D eigenvalue weighted by molar-refractivity contribution is 5.83. The average molecular weight is 211 g/mol. The minimum Gasteiger partial charge on any atom is -0.373 e. The van der Waals surface area contributed by atoms with Gasteiger partial charge in [-0.25, -0.2) is 4.98 Å². The highest BCUT2D eigenvalue weighted by Gasteiger charge is 2.18. The Hall–Kier alpha value is -1.65. The molecule has 0 aliphatic rings. The van der Waals surface area contributed by atoms with Crippen molar-refractivity contribution >= 4 is 11.6 Å². The number of carbonyl (C=O) groups is 1. The molecular formula is C10H14FN3O. The van der Waals surface area contributed by atoms with Crippen LogP contribution in [-0.4, -0.2) is 16.9 Å². The van der Waals surface area contributed by atoms with Gasteiger partial charge in [0, 0.05) is 18.0 Å². The lowest BCUT2D eigenvalue weighted by molar-refractivity contribution is -0.119. The molecule has 0 saturated heterocycles. The molecule has 0 bridgehead atoms. The summed E-state index contributed by atoms with van der Waals surface area (Å²) in [4.78, 5) is 14.5. The number of nitrogens with zero attached hydrogens (tertiary/aromatic N) is 1. The van der Waals surface area contributed by atoms with E-state index in [1.165, 1.54) is 12.3 Å². The van der Waals surface area contributed by atoms with E-state index in [-0.39, 0.29) is 5.92 Å². The number of pyridine rings is 1. The van der Waals surface area contributed by atoms with Crippen LogP contribution in [-0.2, 0) is 4.79 Å². The van der Waals surface area contributed by atoms with Crippen LogP contribution in [0.15, 0.2) is 18.3 Å². The molecule has 1 aromatic heterocycles. The van der Waals surface area contributed by atoms with E-state index in [0.29, 0.717) is 5.69 Å². The fourth-order valence-electron chi connectivity index (χ4n) is 1.24. The lowest BCUT2D eigenvalue weighted by atomic mass is 10.0. The molecule has 0 spiro atoms. The van der Waals surface area contributed by atoms with E-state index in [9.17, 15) is 9.18 Å². The number of hydrogen-bond acceptors (Lipinski definition) is 3. The van der Waals surface area contributed by atoms with Gasteiger partial charge in [-0.15, -0.1) is 0 Å². The van der Waals surface area contributed by atoms with Gasteiger partial charge in [-0.05, 0) is 12.0 Å². The van der Waals surface area contributed by atoms with Crippen LogP contribution in [0.4, 0.5) is 10.1 Å². The Morgan fingerprint density at radius 2 is 2.27 bits per heavy atom. The van der Waals surface area contributed by atoms with Crippen molar-refractivity contribution < 1.29 is 9.18 Å². The van der Waals surface area contributed by atoms with Crippen molar-refractivity contribution in [3.63, 3.8) is 0 Å². The molecule has 1 aromatic rings. The summed E-state index contributed by atoms with van der Waals surface area (Å²) >= 11 is 0. The van der Waals surface area contributed by atoms with E-state index in [2.05, 4.69) is 10.3 Å². The van der Waals surface area contributed by atoms with Crippen LogP contribution < -0.4 is 11.1 Å². The molecule has 1 amide bonds. The number of rotatable bonds is 4. The van der Waals surface area contributed by atoms with Gasteiger partial charge < -0.3 is 11.1 Å². The highest BCUT2D eigenvalue weighted by atomic mass is 19.1. The summed E-state index contributed by atoms with van der Waals surface area (Å²) in [6.07, 6.45) is 1.33. The molecule has 1 atom stereocenters. The summed E-state index contributed by atoms with van der Waals surface area (Å²) in [5.74, 6) is -1.01. The first-order valence-electron chi connectivity index (χ1n) is 4.68. The van der Waals surface area contributed by atoms with Gasteiger partial charge in [-0.3, -0.25) is 4.79 Å². The molecule has 5 heteroatoms. The maximum Gasteiger partial charge on any atom is 0.240 e. The zero-order valence-electron chi connectivity index (χ0n) is 8.70. The summed E-state index contributed by atoms with van der Waals surface area (Å²) in [5, 5.41) is 2.86. The second kappa shape index (κ2) is 4.72. The number of halogens is 1. The molecule has 0 aliphatic carbocycles. The first-order chi connectivity index (χ1) is 7.00. The minimum absolute atomic E-state index is 0.0405. The Morgan fingerprint density at radius 3 is 2.73 bits per heavy atom. The van der Waals surface area contributed by atoms with Crippen LogP contribution in [0, 0.1) is 11.9 Å². The predicted octanol–water partition coefficient (Wildman–Crippen LogP) is 1.14. The van der Waals surface area contributed by atoms with Crippen molar-refractivity contribution in [2.75, 3.05) is 5.32 Å². The fraction of sp³-hybridized carbons (Fsp3) is 0.400. The van der Waals surface area contributed by atoms with Gasteiger partial charge in [-0.1, -0.05) is 13.8 Å². The molecule has 0 radical (unpaired) electrons. The van der Waals surface area contributed by atoms with Crippen molar-refractivity contribution in [3.8, 4) is 0 Å². The van der Waals surface area contributed by atoms with Gasteiger partial charge in [0.05, 0.1) is 0 Å². The third-order valence-corrected chi connectivity index (χ3v) is 2.02. The summed E-state index contributed by atoms with van der Waals surface area (Å²) < 4.78 is 12.8. The first-order valence-corrected chi connectivity index (χ1v) is 4.68. The summed E-state index contributed by atoms with van der Waals surface area (Å²) in [6, 6.07) is 2.30. The number of hydrogen-bond donors (Lipinski definition) is 2. The zero-order valence-corrected chi connectivity index (χ0v) is 8.70. The number of carbonyl (C=O) groups excluding carboxylic acids is 1. The average Bonchev–Trinajstić information content (AvgIpc) is 2.13. The Balaban J connectivity index is 2.79. The van der Waals surface area contributed by atoms with Gasteiger partial charge in [-0.2, -0.15) is 4.39 Å². The van der Waals surface area contributed by atoms with Crippen LogP contribution in [0.1, 0.15) is 13.8 Å². The van der Waals surface area contributed by atoms with Crippen molar-refractivity contribution in [1.29, 1.82) is 0 Å². The smallest absolute Gasteiger partial charge is 0.240 e. The van der Waals surface area contributed by atoms with Gasteiger partial charge in [0.1, 0.15) is 6.04 Å². The lowest BCUT2D eigenvalue weighted by Crippen LogP contribution is -2.39. The monoisotopic (exact) mass is 211 g/mol. The molecule has 1 rings (SSSR count). The lowest BCUT2D eigenvalue weighted by Gasteiger charge is -2.19. The molecule has 82 valence electrons. The summed E-state index contributed by atoms with van der Waals surface area (Å²) in [6.45, 7) is 3.72. The van der Waals surface area contributed by atoms with Crippen molar-refractivity contribution in [1.82, 2.24) is 4.98 Å². The molecule has 1 heterocycles. The predicted molar refractivity (Wildman–Crippen MR) is 55.6 cm³/mol. The van der Waals surface area contributed by atoms with E-state index in [1.807, 2.05) is 13.8 Å². The minimum atomic E-state index is -0.591. The van der Waals surface area contributed by atoms with Crippen LogP contribution in [0.3, 0.4) is 0 Å². The third-order valence-electron chi connectivity index (χ3n) is 2.02. The van der Waals surface area contributed by atoms with Gasteiger partial charge in [0.2, 0.25) is 11.9 Å².